The number of benzene rings is 1. The fraction of sp³-hybridized carbons (Fsp3) is 0.308. The number of phenolic OH excluding ortho intramolecular Hbond substituents is 1. The molecule has 0 aliphatic heterocycles. The second-order valence-corrected chi connectivity index (χ2v) is 5.24. The van der Waals surface area contributed by atoms with Crippen molar-refractivity contribution in [2.45, 2.75) is 26.2 Å². The minimum absolute atomic E-state index is 0.0494. The second kappa shape index (κ2) is 5.79. The number of amides is 1. The minimum atomic E-state index is -0.384. The summed E-state index contributed by atoms with van der Waals surface area (Å²) in [5.74, 6) is -0.107. The maximum Gasteiger partial charge on any atom is 0.261 e. The summed E-state index contributed by atoms with van der Waals surface area (Å²) in [6, 6.07) is 6.39. The van der Waals surface area contributed by atoms with E-state index in [2.05, 4.69) is 29.4 Å². The molecular formula is C13H15N3O2S. The fourth-order valence-electron chi connectivity index (χ4n) is 1.49. The summed E-state index contributed by atoms with van der Waals surface area (Å²) in [5.41, 5.74) is 0.225. The third-order valence-corrected chi connectivity index (χ3v) is 3.91. The molecule has 2 N–H and O–H groups in total. The van der Waals surface area contributed by atoms with Gasteiger partial charge in [0, 0.05) is 5.92 Å². The lowest BCUT2D eigenvalue weighted by Gasteiger charge is -2.03. The third kappa shape index (κ3) is 3.08. The topological polar surface area (TPSA) is 75.1 Å². The number of aromatic hydroxyl groups is 1. The molecule has 0 fully saturated rings. The standard InChI is InChI=1S/C13H15N3O2S/c1-3-8(2)12-15-16-13(19-12)14-11(18)9-6-4-5-7-10(9)17/h4-8,17H,3H2,1-2H3,(H,14,16,18). The molecule has 100 valence electrons. The van der Waals surface area contributed by atoms with Crippen molar-refractivity contribution in [1.29, 1.82) is 0 Å². The number of aromatic nitrogens is 2. The van der Waals surface area contributed by atoms with E-state index in [0.717, 1.165) is 11.4 Å². The molecule has 0 saturated heterocycles. The van der Waals surface area contributed by atoms with Gasteiger partial charge in [-0.05, 0) is 18.6 Å². The smallest absolute Gasteiger partial charge is 0.261 e. The van der Waals surface area contributed by atoms with Gasteiger partial charge in [-0.2, -0.15) is 0 Å². The van der Waals surface area contributed by atoms with Crippen LogP contribution >= 0.6 is 11.3 Å². The molecule has 1 amide bonds. The van der Waals surface area contributed by atoms with E-state index in [1.807, 2.05) is 0 Å². The average Bonchev–Trinajstić information content (AvgIpc) is 2.86. The molecule has 5 nitrogen and oxygen atoms in total. The Bertz CT molecular complexity index is 583. The maximum atomic E-state index is 12.0. The molecule has 0 saturated carbocycles. The highest BCUT2D eigenvalue weighted by molar-refractivity contribution is 7.15. The maximum absolute atomic E-state index is 12.0. The lowest BCUT2D eigenvalue weighted by molar-refractivity contribution is 0.102. The molecule has 2 aromatic rings. The van der Waals surface area contributed by atoms with E-state index >= 15 is 0 Å². The minimum Gasteiger partial charge on any atom is -0.507 e. The number of anilines is 1. The number of nitrogens with zero attached hydrogens (tertiary/aromatic N) is 2. The van der Waals surface area contributed by atoms with Gasteiger partial charge in [-0.3, -0.25) is 10.1 Å². The quantitative estimate of drug-likeness (QED) is 0.900. The number of carbonyl (C=O) groups is 1. The number of para-hydroxylation sites is 1. The summed E-state index contributed by atoms with van der Waals surface area (Å²) >= 11 is 1.36. The normalized spacial score (nSPS) is 12.1. The van der Waals surface area contributed by atoms with Crippen LogP contribution in [0.15, 0.2) is 24.3 Å². The summed E-state index contributed by atoms with van der Waals surface area (Å²) in [6.07, 6.45) is 0.974. The molecule has 1 atom stereocenters. The molecule has 0 bridgehead atoms. The van der Waals surface area contributed by atoms with Gasteiger partial charge in [0.25, 0.3) is 5.91 Å². The van der Waals surface area contributed by atoms with Crippen LogP contribution in [-0.2, 0) is 0 Å². The van der Waals surface area contributed by atoms with E-state index in [0.29, 0.717) is 11.0 Å². The first-order chi connectivity index (χ1) is 9.11. The van der Waals surface area contributed by atoms with Gasteiger partial charge in [0.1, 0.15) is 10.8 Å². The van der Waals surface area contributed by atoms with E-state index < -0.39 is 0 Å². The predicted octanol–water partition coefficient (Wildman–Crippen LogP) is 3.01. The second-order valence-electron chi connectivity index (χ2n) is 4.23. The van der Waals surface area contributed by atoms with Gasteiger partial charge in [-0.1, -0.05) is 37.3 Å². The van der Waals surface area contributed by atoms with Gasteiger partial charge < -0.3 is 5.11 Å². The Labute approximate surface area is 115 Å². The Morgan fingerprint density at radius 1 is 1.42 bits per heavy atom. The van der Waals surface area contributed by atoms with E-state index in [9.17, 15) is 9.90 Å². The van der Waals surface area contributed by atoms with Crippen molar-refractivity contribution in [3.63, 3.8) is 0 Å². The van der Waals surface area contributed by atoms with E-state index in [1.165, 1.54) is 17.4 Å². The average molecular weight is 277 g/mol. The Kier molecular flexibility index (Phi) is 4.11. The predicted molar refractivity (Wildman–Crippen MR) is 74.7 cm³/mol. The van der Waals surface area contributed by atoms with Gasteiger partial charge in [-0.25, -0.2) is 0 Å². The molecular weight excluding hydrogens is 262 g/mol. The Hall–Kier alpha value is -1.95. The van der Waals surface area contributed by atoms with Gasteiger partial charge in [-0.15, -0.1) is 10.2 Å². The summed E-state index contributed by atoms with van der Waals surface area (Å²) in [7, 11) is 0. The Morgan fingerprint density at radius 3 is 2.84 bits per heavy atom. The molecule has 0 spiro atoms. The van der Waals surface area contributed by atoms with Gasteiger partial charge >= 0.3 is 0 Å². The summed E-state index contributed by atoms with van der Waals surface area (Å²) in [6.45, 7) is 4.14. The molecule has 1 aromatic heterocycles. The summed E-state index contributed by atoms with van der Waals surface area (Å²) in [4.78, 5) is 12.0. The van der Waals surface area contributed by atoms with Gasteiger partial charge in [0.05, 0.1) is 5.56 Å². The monoisotopic (exact) mass is 277 g/mol. The summed E-state index contributed by atoms with van der Waals surface area (Å²) in [5, 5.41) is 21.6. The molecule has 19 heavy (non-hydrogen) atoms. The van der Waals surface area contributed by atoms with Crippen LogP contribution in [0, 0.1) is 0 Å². The zero-order valence-electron chi connectivity index (χ0n) is 10.8. The third-order valence-electron chi connectivity index (χ3n) is 2.84. The lowest BCUT2D eigenvalue weighted by Crippen LogP contribution is -2.11. The van der Waals surface area contributed by atoms with Crippen molar-refractivity contribution in [3.8, 4) is 5.75 Å². The van der Waals surface area contributed by atoms with Crippen LogP contribution < -0.4 is 5.32 Å². The number of phenols is 1. The first kappa shape index (κ1) is 13.5. The molecule has 1 unspecified atom stereocenters. The first-order valence-electron chi connectivity index (χ1n) is 6.04. The van der Waals surface area contributed by atoms with Gasteiger partial charge in [0.15, 0.2) is 0 Å². The lowest BCUT2D eigenvalue weighted by atomic mass is 10.1. The van der Waals surface area contributed by atoms with Crippen molar-refractivity contribution in [1.82, 2.24) is 10.2 Å². The van der Waals surface area contributed by atoms with Crippen LogP contribution in [0.3, 0.4) is 0 Å². The van der Waals surface area contributed by atoms with Gasteiger partial charge in [0.2, 0.25) is 5.13 Å². The first-order valence-corrected chi connectivity index (χ1v) is 6.86. The number of carbonyl (C=O) groups excluding carboxylic acids is 1. The molecule has 6 heteroatoms. The van der Waals surface area contributed by atoms with Crippen molar-refractivity contribution in [2.75, 3.05) is 5.32 Å². The molecule has 0 aliphatic rings. The van der Waals surface area contributed by atoms with Crippen LogP contribution in [0.4, 0.5) is 5.13 Å². The number of hydrogen-bond acceptors (Lipinski definition) is 5. The van der Waals surface area contributed by atoms with Crippen molar-refractivity contribution < 1.29 is 9.90 Å². The molecule has 2 rings (SSSR count). The van der Waals surface area contributed by atoms with Crippen LogP contribution in [0.1, 0.15) is 41.6 Å². The Balaban J connectivity index is 2.11. The van der Waals surface area contributed by atoms with E-state index in [1.54, 1.807) is 18.2 Å². The highest BCUT2D eigenvalue weighted by Crippen LogP contribution is 2.26. The van der Waals surface area contributed by atoms with Crippen molar-refractivity contribution >= 4 is 22.4 Å². The van der Waals surface area contributed by atoms with Crippen LogP contribution in [0.25, 0.3) is 0 Å². The highest BCUT2D eigenvalue weighted by Gasteiger charge is 2.15. The zero-order chi connectivity index (χ0) is 13.8. The number of rotatable bonds is 4. The van der Waals surface area contributed by atoms with Crippen LogP contribution in [-0.4, -0.2) is 21.2 Å². The SMILES string of the molecule is CCC(C)c1nnc(NC(=O)c2ccccc2O)s1. The van der Waals surface area contributed by atoms with E-state index in [-0.39, 0.29) is 17.2 Å². The number of hydrogen-bond donors (Lipinski definition) is 2. The van der Waals surface area contributed by atoms with Crippen LogP contribution in [0.2, 0.25) is 0 Å². The van der Waals surface area contributed by atoms with Crippen LogP contribution in [0.5, 0.6) is 5.75 Å². The molecule has 1 heterocycles. The highest BCUT2D eigenvalue weighted by atomic mass is 32.1. The van der Waals surface area contributed by atoms with E-state index in [4.69, 9.17) is 0 Å². The van der Waals surface area contributed by atoms with Crippen molar-refractivity contribution in [2.24, 2.45) is 0 Å². The summed E-state index contributed by atoms with van der Waals surface area (Å²) < 4.78 is 0. The molecule has 0 aliphatic carbocycles. The largest absolute Gasteiger partial charge is 0.507 e. The molecule has 1 aromatic carbocycles. The number of nitrogens with one attached hydrogen (secondary N) is 1. The van der Waals surface area contributed by atoms with Crippen molar-refractivity contribution in [3.05, 3.63) is 34.8 Å². The fourth-order valence-corrected chi connectivity index (χ4v) is 2.36. The zero-order valence-corrected chi connectivity index (χ0v) is 11.6. The Morgan fingerprint density at radius 2 is 2.16 bits per heavy atom. The molecule has 0 radical (unpaired) electrons.